The summed E-state index contributed by atoms with van der Waals surface area (Å²) in [5, 5.41) is 3.59. The van der Waals surface area contributed by atoms with Crippen molar-refractivity contribution in [1.29, 1.82) is 0 Å². The van der Waals surface area contributed by atoms with Crippen LogP contribution in [0.5, 0.6) is 0 Å². The molecule has 3 unspecified atom stereocenters. The number of nitrogens with one attached hydrogen (secondary N) is 1. The lowest BCUT2D eigenvalue weighted by Crippen LogP contribution is -2.39. The molecule has 0 heterocycles. The minimum Gasteiger partial charge on any atom is -0.383 e. The van der Waals surface area contributed by atoms with Crippen LogP contribution in [0.25, 0.3) is 0 Å². The first kappa shape index (κ1) is 11.0. The molecule has 13 heavy (non-hydrogen) atoms. The van der Waals surface area contributed by atoms with Gasteiger partial charge in [-0.2, -0.15) is 0 Å². The van der Waals surface area contributed by atoms with E-state index in [0.717, 1.165) is 19.4 Å². The minimum absolute atomic E-state index is 0.414. The zero-order valence-electron chi connectivity index (χ0n) is 8.75. The molecule has 0 aromatic carbocycles. The van der Waals surface area contributed by atoms with Crippen LogP contribution in [0.1, 0.15) is 32.6 Å². The van der Waals surface area contributed by atoms with Gasteiger partial charge in [0, 0.05) is 25.2 Å². The largest absolute Gasteiger partial charge is 0.383 e. The third kappa shape index (κ3) is 3.63. The van der Waals surface area contributed by atoms with Gasteiger partial charge in [-0.25, -0.2) is 0 Å². The predicted octanol–water partition coefficient (Wildman–Crippen LogP) is 0.881. The number of ether oxygens (including phenoxy) is 1. The topological polar surface area (TPSA) is 47.3 Å². The number of hydrogen-bond acceptors (Lipinski definition) is 3. The second kappa shape index (κ2) is 5.58. The highest BCUT2D eigenvalue weighted by molar-refractivity contribution is 4.84. The van der Waals surface area contributed by atoms with Gasteiger partial charge in [-0.05, 0) is 25.7 Å². The van der Waals surface area contributed by atoms with Gasteiger partial charge in [-0.3, -0.25) is 0 Å². The third-order valence-corrected chi connectivity index (χ3v) is 2.81. The summed E-state index contributed by atoms with van der Waals surface area (Å²) in [7, 11) is 1.75. The fourth-order valence-electron chi connectivity index (χ4n) is 1.99. The van der Waals surface area contributed by atoms with Gasteiger partial charge in [-0.1, -0.05) is 6.92 Å². The van der Waals surface area contributed by atoms with Crippen LogP contribution < -0.4 is 11.1 Å². The van der Waals surface area contributed by atoms with Crippen LogP contribution in [-0.2, 0) is 4.74 Å². The molecule has 1 aliphatic carbocycles. The summed E-state index contributed by atoms with van der Waals surface area (Å²) in [6.45, 7) is 2.99. The van der Waals surface area contributed by atoms with Crippen LogP contribution in [0.2, 0.25) is 0 Å². The molecular formula is C10H22N2O. The molecule has 1 rings (SSSR count). The zero-order chi connectivity index (χ0) is 9.68. The van der Waals surface area contributed by atoms with Crippen molar-refractivity contribution >= 4 is 0 Å². The molecule has 0 spiro atoms. The van der Waals surface area contributed by atoms with Gasteiger partial charge in [-0.15, -0.1) is 0 Å². The van der Waals surface area contributed by atoms with Gasteiger partial charge >= 0.3 is 0 Å². The fourth-order valence-corrected chi connectivity index (χ4v) is 1.99. The first-order valence-electron chi connectivity index (χ1n) is 5.26. The van der Waals surface area contributed by atoms with E-state index in [1.807, 2.05) is 0 Å². The molecule has 0 aromatic rings. The molecule has 3 heteroatoms. The predicted molar refractivity (Wildman–Crippen MR) is 54.7 cm³/mol. The molecule has 78 valence electrons. The van der Waals surface area contributed by atoms with Crippen molar-refractivity contribution < 1.29 is 4.74 Å². The smallest absolute Gasteiger partial charge is 0.0615 e. The molecule has 3 N–H and O–H groups in total. The highest BCUT2D eigenvalue weighted by Crippen LogP contribution is 2.17. The van der Waals surface area contributed by atoms with E-state index in [4.69, 9.17) is 10.5 Å². The molecule has 1 aliphatic rings. The molecule has 0 aliphatic heterocycles. The molecular weight excluding hydrogens is 164 g/mol. The number of nitrogens with two attached hydrogens (primary N) is 1. The molecule has 1 fully saturated rings. The standard InChI is InChI=1S/C10H22N2O/c1-3-9(7-13-2)12-10-5-4-8(11)6-10/h8-10,12H,3-7,11H2,1-2H3. The maximum atomic E-state index is 5.85. The minimum atomic E-state index is 0.414. The second-order valence-electron chi connectivity index (χ2n) is 4.00. The molecule has 0 aromatic heterocycles. The Morgan fingerprint density at radius 1 is 1.54 bits per heavy atom. The van der Waals surface area contributed by atoms with Crippen molar-refractivity contribution in [1.82, 2.24) is 5.32 Å². The summed E-state index contributed by atoms with van der Waals surface area (Å²) in [5.74, 6) is 0. The molecule has 0 radical (unpaired) electrons. The number of hydrogen-bond donors (Lipinski definition) is 2. The van der Waals surface area contributed by atoms with Crippen LogP contribution in [-0.4, -0.2) is 31.8 Å². The molecule has 0 bridgehead atoms. The van der Waals surface area contributed by atoms with Crippen LogP contribution in [0, 0.1) is 0 Å². The first-order valence-corrected chi connectivity index (χ1v) is 5.26. The van der Waals surface area contributed by atoms with Gasteiger partial charge in [0.1, 0.15) is 0 Å². The average molecular weight is 186 g/mol. The Morgan fingerprint density at radius 2 is 2.31 bits per heavy atom. The Bertz CT molecular complexity index is 139. The molecule has 0 amide bonds. The van der Waals surface area contributed by atoms with E-state index in [-0.39, 0.29) is 0 Å². The first-order chi connectivity index (χ1) is 6.26. The average Bonchev–Trinajstić information content (AvgIpc) is 2.50. The van der Waals surface area contributed by atoms with E-state index in [2.05, 4.69) is 12.2 Å². The maximum absolute atomic E-state index is 5.85. The quantitative estimate of drug-likeness (QED) is 0.670. The lowest BCUT2D eigenvalue weighted by molar-refractivity contribution is 0.158. The highest BCUT2D eigenvalue weighted by atomic mass is 16.5. The number of methoxy groups -OCH3 is 1. The van der Waals surface area contributed by atoms with E-state index in [0.29, 0.717) is 18.1 Å². The monoisotopic (exact) mass is 186 g/mol. The van der Waals surface area contributed by atoms with Crippen molar-refractivity contribution in [3.63, 3.8) is 0 Å². The fraction of sp³-hybridized carbons (Fsp3) is 1.00. The maximum Gasteiger partial charge on any atom is 0.0615 e. The Hall–Kier alpha value is -0.120. The van der Waals surface area contributed by atoms with Gasteiger partial charge < -0.3 is 15.8 Å². The third-order valence-electron chi connectivity index (χ3n) is 2.81. The lowest BCUT2D eigenvalue weighted by Gasteiger charge is -2.20. The summed E-state index contributed by atoms with van der Waals surface area (Å²) >= 11 is 0. The summed E-state index contributed by atoms with van der Waals surface area (Å²) in [6, 6.07) is 1.54. The van der Waals surface area contributed by atoms with Gasteiger partial charge in [0.2, 0.25) is 0 Å². The molecule has 3 nitrogen and oxygen atoms in total. The van der Waals surface area contributed by atoms with Crippen molar-refractivity contribution in [2.45, 2.75) is 50.7 Å². The SMILES string of the molecule is CCC(COC)NC1CCC(N)C1. The molecule has 3 atom stereocenters. The van der Waals surface area contributed by atoms with E-state index >= 15 is 0 Å². The van der Waals surface area contributed by atoms with Gasteiger partial charge in [0.05, 0.1) is 6.61 Å². The van der Waals surface area contributed by atoms with E-state index in [9.17, 15) is 0 Å². The van der Waals surface area contributed by atoms with Gasteiger partial charge in [0.15, 0.2) is 0 Å². The number of rotatable bonds is 5. The van der Waals surface area contributed by atoms with Crippen molar-refractivity contribution in [3.05, 3.63) is 0 Å². The van der Waals surface area contributed by atoms with Crippen molar-refractivity contribution in [3.8, 4) is 0 Å². The summed E-state index contributed by atoms with van der Waals surface area (Å²) in [5.41, 5.74) is 5.85. The summed E-state index contributed by atoms with van der Waals surface area (Å²) < 4.78 is 5.14. The van der Waals surface area contributed by atoms with Crippen molar-refractivity contribution in [2.24, 2.45) is 5.73 Å². The molecule has 0 saturated heterocycles. The van der Waals surface area contributed by atoms with E-state index in [1.54, 1.807) is 7.11 Å². The zero-order valence-corrected chi connectivity index (χ0v) is 8.75. The van der Waals surface area contributed by atoms with Crippen LogP contribution >= 0.6 is 0 Å². The van der Waals surface area contributed by atoms with Crippen LogP contribution in [0.3, 0.4) is 0 Å². The summed E-state index contributed by atoms with van der Waals surface area (Å²) in [6.07, 6.45) is 4.64. The van der Waals surface area contributed by atoms with E-state index in [1.165, 1.54) is 12.8 Å². The van der Waals surface area contributed by atoms with Gasteiger partial charge in [0.25, 0.3) is 0 Å². The Balaban J connectivity index is 2.21. The van der Waals surface area contributed by atoms with E-state index < -0.39 is 0 Å². The second-order valence-corrected chi connectivity index (χ2v) is 4.00. The Kier molecular flexibility index (Phi) is 4.70. The van der Waals surface area contributed by atoms with Crippen LogP contribution in [0.4, 0.5) is 0 Å². The van der Waals surface area contributed by atoms with Crippen molar-refractivity contribution in [2.75, 3.05) is 13.7 Å². The Labute approximate surface area is 81.0 Å². The highest BCUT2D eigenvalue weighted by Gasteiger charge is 2.23. The van der Waals surface area contributed by atoms with Crippen LogP contribution in [0.15, 0.2) is 0 Å². The lowest BCUT2D eigenvalue weighted by atomic mass is 10.1. The normalized spacial score (nSPS) is 30.7. The molecule has 1 saturated carbocycles. The summed E-state index contributed by atoms with van der Waals surface area (Å²) in [4.78, 5) is 0. The Morgan fingerprint density at radius 3 is 2.77 bits per heavy atom.